The molecule has 0 spiro atoms. The first-order chi connectivity index (χ1) is 8.33. The van der Waals surface area contributed by atoms with Gasteiger partial charge in [-0.25, -0.2) is 0 Å². The van der Waals surface area contributed by atoms with Crippen LogP contribution in [-0.4, -0.2) is 5.78 Å². The zero-order valence-electron chi connectivity index (χ0n) is 9.47. The molecule has 0 aliphatic rings. The fraction of sp³-hybridized carbons (Fsp3) is 0. The lowest BCUT2D eigenvalue weighted by molar-refractivity contribution is 0.103. The fourth-order valence-corrected chi connectivity index (χ4v) is 1.72. The van der Waals surface area contributed by atoms with Crippen LogP contribution >= 0.6 is 0 Å². The maximum Gasteiger partial charge on any atom is 0.193 e. The molecule has 0 aliphatic carbocycles. The number of benzene rings is 2. The van der Waals surface area contributed by atoms with E-state index in [-0.39, 0.29) is 5.78 Å². The van der Waals surface area contributed by atoms with Gasteiger partial charge in [-0.3, -0.25) is 4.79 Å². The van der Waals surface area contributed by atoms with Crippen LogP contribution in [0.2, 0.25) is 0 Å². The zero-order valence-corrected chi connectivity index (χ0v) is 9.47. The Bertz CT molecular complexity index is 538. The Hall–Kier alpha value is -2.15. The summed E-state index contributed by atoms with van der Waals surface area (Å²) in [6, 6.07) is 16.8. The lowest BCUT2D eigenvalue weighted by atomic mass is 9.98. The minimum atomic E-state index is 0.0410. The summed E-state index contributed by atoms with van der Waals surface area (Å²) < 4.78 is 0. The minimum Gasteiger partial charge on any atom is -0.289 e. The van der Waals surface area contributed by atoms with Crippen molar-refractivity contribution in [3.63, 3.8) is 0 Å². The van der Waals surface area contributed by atoms with Gasteiger partial charge >= 0.3 is 0 Å². The van der Waals surface area contributed by atoms with Crippen LogP contribution in [0.25, 0.3) is 6.08 Å². The molecule has 0 N–H and O–H groups in total. The van der Waals surface area contributed by atoms with Crippen molar-refractivity contribution in [2.75, 3.05) is 0 Å². The monoisotopic (exact) mass is 221 g/mol. The summed E-state index contributed by atoms with van der Waals surface area (Å²) in [4.78, 5) is 12.3. The van der Waals surface area contributed by atoms with E-state index < -0.39 is 0 Å². The van der Waals surface area contributed by atoms with E-state index in [0.717, 1.165) is 5.56 Å². The number of carbonyl (C=O) groups is 1. The highest BCUT2D eigenvalue weighted by atomic mass is 16.1. The van der Waals surface area contributed by atoms with Gasteiger partial charge in [0.25, 0.3) is 0 Å². The van der Waals surface area contributed by atoms with E-state index in [1.165, 1.54) is 0 Å². The molecule has 2 aromatic carbocycles. The lowest BCUT2D eigenvalue weighted by Crippen LogP contribution is -2.02. The molecule has 0 saturated carbocycles. The first kappa shape index (κ1) is 11.3. The highest BCUT2D eigenvalue weighted by Gasteiger charge is 2.10. The number of rotatable bonds is 3. The van der Waals surface area contributed by atoms with Crippen molar-refractivity contribution in [1.82, 2.24) is 0 Å². The minimum absolute atomic E-state index is 0.0410. The molecule has 0 bridgehead atoms. The average Bonchev–Trinajstić information content (AvgIpc) is 2.40. The van der Waals surface area contributed by atoms with E-state index in [1.807, 2.05) is 60.7 Å². The molecule has 2 aromatic rings. The smallest absolute Gasteiger partial charge is 0.193 e. The van der Waals surface area contributed by atoms with E-state index in [2.05, 4.69) is 6.92 Å². The predicted molar refractivity (Wildman–Crippen MR) is 70.7 cm³/mol. The molecule has 0 unspecified atom stereocenters. The Kier molecular flexibility index (Phi) is 3.51. The third kappa shape index (κ3) is 2.51. The predicted octanol–water partition coefficient (Wildman–Crippen LogP) is 3.76. The van der Waals surface area contributed by atoms with Gasteiger partial charge in [-0.15, -0.1) is 0 Å². The molecule has 0 heterocycles. The number of carbonyl (C=O) groups excluding carboxylic acids is 1. The molecular formula is C16H13O. The molecular weight excluding hydrogens is 208 g/mol. The topological polar surface area (TPSA) is 17.1 Å². The molecule has 0 amide bonds. The molecule has 2 rings (SSSR count). The molecule has 0 atom stereocenters. The van der Waals surface area contributed by atoms with E-state index in [4.69, 9.17) is 0 Å². The van der Waals surface area contributed by atoms with Crippen molar-refractivity contribution in [2.24, 2.45) is 0 Å². The third-order valence-corrected chi connectivity index (χ3v) is 2.54. The quantitative estimate of drug-likeness (QED) is 0.721. The summed E-state index contributed by atoms with van der Waals surface area (Å²) in [5, 5.41) is 0. The van der Waals surface area contributed by atoms with Crippen molar-refractivity contribution in [1.29, 1.82) is 0 Å². The van der Waals surface area contributed by atoms with E-state index >= 15 is 0 Å². The van der Waals surface area contributed by atoms with Crippen LogP contribution in [0.1, 0.15) is 21.5 Å². The maximum absolute atomic E-state index is 12.3. The second-order valence-electron chi connectivity index (χ2n) is 3.68. The average molecular weight is 221 g/mol. The molecule has 1 nitrogen and oxygen atoms in total. The molecule has 0 aromatic heterocycles. The van der Waals surface area contributed by atoms with E-state index in [9.17, 15) is 4.79 Å². The van der Waals surface area contributed by atoms with E-state index in [1.54, 1.807) is 6.08 Å². The van der Waals surface area contributed by atoms with Crippen LogP contribution in [-0.2, 0) is 0 Å². The van der Waals surface area contributed by atoms with Gasteiger partial charge in [0.15, 0.2) is 5.78 Å². The van der Waals surface area contributed by atoms with E-state index in [0.29, 0.717) is 11.1 Å². The molecule has 17 heavy (non-hydrogen) atoms. The summed E-state index contributed by atoms with van der Waals surface area (Å²) in [6.45, 7) is 3.66. The van der Waals surface area contributed by atoms with Gasteiger partial charge in [-0.1, -0.05) is 66.7 Å². The van der Waals surface area contributed by atoms with Crippen LogP contribution in [0.5, 0.6) is 0 Å². The Labute approximate surface area is 101 Å². The fourth-order valence-electron chi connectivity index (χ4n) is 1.72. The summed E-state index contributed by atoms with van der Waals surface area (Å²) in [5.74, 6) is 0.0410. The lowest BCUT2D eigenvalue weighted by Gasteiger charge is -2.04. The molecule has 0 aliphatic heterocycles. The molecule has 0 saturated heterocycles. The van der Waals surface area contributed by atoms with Crippen LogP contribution in [0.3, 0.4) is 0 Å². The third-order valence-electron chi connectivity index (χ3n) is 2.54. The largest absolute Gasteiger partial charge is 0.289 e. The van der Waals surface area contributed by atoms with Gasteiger partial charge in [0.05, 0.1) is 0 Å². The van der Waals surface area contributed by atoms with Gasteiger partial charge in [0.2, 0.25) is 0 Å². The number of ketones is 1. The normalized spacial score (nSPS) is 10.6. The highest BCUT2D eigenvalue weighted by molar-refractivity contribution is 6.11. The molecule has 1 heteroatoms. The maximum atomic E-state index is 12.3. The summed E-state index contributed by atoms with van der Waals surface area (Å²) in [5.41, 5.74) is 2.31. The van der Waals surface area contributed by atoms with Crippen LogP contribution < -0.4 is 0 Å². The second kappa shape index (κ2) is 5.26. The number of allylic oxidation sites excluding steroid dienone is 1. The van der Waals surface area contributed by atoms with Crippen molar-refractivity contribution in [3.8, 4) is 0 Å². The second-order valence-corrected chi connectivity index (χ2v) is 3.68. The van der Waals surface area contributed by atoms with Gasteiger partial charge in [0.1, 0.15) is 0 Å². The first-order valence-corrected chi connectivity index (χ1v) is 5.47. The van der Waals surface area contributed by atoms with Crippen LogP contribution in [0.4, 0.5) is 0 Å². The van der Waals surface area contributed by atoms with Gasteiger partial charge in [-0.2, -0.15) is 0 Å². The molecule has 0 fully saturated rings. The highest BCUT2D eigenvalue weighted by Crippen LogP contribution is 2.15. The summed E-state index contributed by atoms with van der Waals surface area (Å²) >= 11 is 0. The Morgan fingerprint density at radius 2 is 1.59 bits per heavy atom. The Morgan fingerprint density at radius 3 is 2.29 bits per heavy atom. The number of hydrogen-bond donors (Lipinski definition) is 0. The number of hydrogen-bond acceptors (Lipinski definition) is 1. The Morgan fingerprint density at radius 1 is 0.941 bits per heavy atom. The van der Waals surface area contributed by atoms with Gasteiger partial charge < -0.3 is 0 Å². The first-order valence-electron chi connectivity index (χ1n) is 5.47. The van der Waals surface area contributed by atoms with Crippen molar-refractivity contribution < 1.29 is 4.79 Å². The standard InChI is InChI=1S/C16H13O/c1-2-8-13-9-6-7-12-15(13)16(17)14-10-4-3-5-11-14/h2-12H,1H2/b8-2+. The van der Waals surface area contributed by atoms with Gasteiger partial charge in [-0.05, 0) is 12.5 Å². The SMILES string of the molecule is [CH2]/C=C/c1ccccc1C(=O)c1ccccc1. The van der Waals surface area contributed by atoms with Crippen LogP contribution in [0, 0.1) is 6.92 Å². The Balaban J connectivity index is 2.44. The zero-order chi connectivity index (χ0) is 12.1. The van der Waals surface area contributed by atoms with Gasteiger partial charge in [0, 0.05) is 11.1 Å². The molecule has 83 valence electrons. The van der Waals surface area contributed by atoms with Crippen molar-refractivity contribution in [2.45, 2.75) is 0 Å². The van der Waals surface area contributed by atoms with Crippen molar-refractivity contribution >= 4 is 11.9 Å². The summed E-state index contributed by atoms with van der Waals surface area (Å²) in [6.07, 6.45) is 3.54. The summed E-state index contributed by atoms with van der Waals surface area (Å²) in [7, 11) is 0. The van der Waals surface area contributed by atoms with Crippen LogP contribution in [0.15, 0.2) is 60.7 Å². The molecule has 1 radical (unpaired) electrons. The van der Waals surface area contributed by atoms with Crippen molar-refractivity contribution in [3.05, 3.63) is 84.3 Å².